The molecule has 21 heavy (non-hydrogen) atoms. The number of nitrogens with zero attached hydrogens (tertiary/aromatic N) is 1. The first kappa shape index (κ1) is 13.2. The number of methoxy groups -OCH3 is 1. The van der Waals surface area contributed by atoms with Crippen molar-refractivity contribution in [2.24, 2.45) is 0 Å². The first-order valence-corrected chi connectivity index (χ1v) is 6.67. The molecule has 3 aromatic rings. The summed E-state index contributed by atoms with van der Waals surface area (Å²) in [6, 6.07) is 17.3. The number of ether oxygens (including phenoxy) is 1. The quantitative estimate of drug-likeness (QED) is 0.783. The van der Waals surface area contributed by atoms with Crippen LogP contribution in [-0.4, -0.2) is 17.2 Å². The SMILES string of the molecule is COc1ccc(/C=C\c2ccc3ccccc3n2)cc1O. The summed E-state index contributed by atoms with van der Waals surface area (Å²) in [5.74, 6) is 0.599. The van der Waals surface area contributed by atoms with Gasteiger partial charge in [-0.15, -0.1) is 0 Å². The standard InChI is InChI=1S/C18H15NO2/c1-21-18-11-7-13(12-17(18)20)6-9-15-10-8-14-4-2-3-5-16(14)19-15/h2-12,20H,1H3/b9-6-. The minimum atomic E-state index is 0.131. The van der Waals surface area contributed by atoms with Crippen molar-refractivity contribution in [2.45, 2.75) is 0 Å². The summed E-state index contributed by atoms with van der Waals surface area (Å²) in [6.45, 7) is 0. The third-order valence-corrected chi connectivity index (χ3v) is 3.27. The van der Waals surface area contributed by atoms with E-state index in [2.05, 4.69) is 4.98 Å². The summed E-state index contributed by atoms with van der Waals surface area (Å²) >= 11 is 0. The molecule has 1 aromatic heterocycles. The minimum absolute atomic E-state index is 0.131. The second-order valence-corrected chi connectivity index (χ2v) is 4.69. The van der Waals surface area contributed by atoms with Crippen LogP contribution in [0.2, 0.25) is 0 Å². The number of rotatable bonds is 3. The van der Waals surface area contributed by atoms with Crippen molar-refractivity contribution in [1.29, 1.82) is 0 Å². The van der Waals surface area contributed by atoms with Crippen molar-refractivity contribution in [1.82, 2.24) is 4.98 Å². The Labute approximate surface area is 123 Å². The number of hydrogen-bond donors (Lipinski definition) is 1. The van der Waals surface area contributed by atoms with E-state index in [4.69, 9.17) is 4.74 Å². The number of benzene rings is 2. The number of aromatic hydroxyl groups is 1. The Morgan fingerprint density at radius 2 is 1.86 bits per heavy atom. The van der Waals surface area contributed by atoms with Crippen LogP contribution in [0.5, 0.6) is 11.5 Å². The molecule has 0 bridgehead atoms. The van der Waals surface area contributed by atoms with Crippen LogP contribution >= 0.6 is 0 Å². The van der Waals surface area contributed by atoms with E-state index in [9.17, 15) is 5.11 Å². The monoisotopic (exact) mass is 277 g/mol. The number of hydrogen-bond acceptors (Lipinski definition) is 3. The summed E-state index contributed by atoms with van der Waals surface area (Å²) in [4.78, 5) is 4.57. The predicted octanol–water partition coefficient (Wildman–Crippen LogP) is 4.12. The number of aromatic nitrogens is 1. The zero-order valence-electron chi connectivity index (χ0n) is 11.7. The molecule has 3 heteroatoms. The number of phenolic OH excluding ortho intramolecular Hbond substituents is 1. The van der Waals surface area contributed by atoms with E-state index in [1.54, 1.807) is 12.1 Å². The van der Waals surface area contributed by atoms with E-state index in [0.717, 1.165) is 22.2 Å². The fourth-order valence-corrected chi connectivity index (χ4v) is 2.17. The van der Waals surface area contributed by atoms with Crippen LogP contribution < -0.4 is 4.74 Å². The Balaban J connectivity index is 1.88. The van der Waals surface area contributed by atoms with Crippen LogP contribution in [0.25, 0.3) is 23.1 Å². The van der Waals surface area contributed by atoms with Gasteiger partial charge in [0.15, 0.2) is 11.5 Å². The van der Waals surface area contributed by atoms with Gasteiger partial charge < -0.3 is 9.84 Å². The van der Waals surface area contributed by atoms with Crippen molar-refractivity contribution in [3.8, 4) is 11.5 Å². The molecule has 0 unspecified atom stereocenters. The second-order valence-electron chi connectivity index (χ2n) is 4.69. The molecule has 2 aromatic carbocycles. The van der Waals surface area contributed by atoms with Crippen molar-refractivity contribution >= 4 is 23.1 Å². The van der Waals surface area contributed by atoms with Crippen LogP contribution in [0.3, 0.4) is 0 Å². The summed E-state index contributed by atoms with van der Waals surface area (Å²) in [6.07, 6.45) is 3.84. The van der Waals surface area contributed by atoms with E-state index < -0.39 is 0 Å². The molecule has 0 saturated carbocycles. The molecule has 0 atom stereocenters. The molecular weight excluding hydrogens is 262 g/mol. The maximum atomic E-state index is 9.76. The van der Waals surface area contributed by atoms with Gasteiger partial charge in [-0.1, -0.05) is 36.4 Å². The largest absolute Gasteiger partial charge is 0.504 e. The van der Waals surface area contributed by atoms with Crippen molar-refractivity contribution in [2.75, 3.05) is 7.11 Å². The van der Waals surface area contributed by atoms with E-state index in [1.165, 1.54) is 7.11 Å². The fraction of sp³-hybridized carbons (Fsp3) is 0.0556. The second kappa shape index (κ2) is 5.67. The Hall–Kier alpha value is -2.81. The first-order valence-electron chi connectivity index (χ1n) is 6.67. The molecule has 0 aliphatic carbocycles. The van der Waals surface area contributed by atoms with Gasteiger partial charge in [-0.3, -0.25) is 0 Å². The molecular formula is C18H15NO2. The average molecular weight is 277 g/mol. The van der Waals surface area contributed by atoms with Gasteiger partial charge >= 0.3 is 0 Å². The van der Waals surface area contributed by atoms with E-state index >= 15 is 0 Å². The predicted molar refractivity (Wildman–Crippen MR) is 85.3 cm³/mol. The van der Waals surface area contributed by atoms with Crippen LogP contribution in [0.15, 0.2) is 54.6 Å². The normalized spacial score (nSPS) is 11.1. The zero-order valence-corrected chi connectivity index (χ0v) is 11.7. The van der Waals surface area contributed by atoms with Crippen LogP contribution in [0.4, 0.5) is 0 Å². The fourth-order valence-electron chi connectivity index (χ4n) is 2.17. The Bertz CT molecular complexity index is 809. The highest BCUT2D eigenvalue weighted by molar-refractivity contribution is 5.80. The summed E-state index contributed by atoms with van der Waals surface area (Å²) in [7, 11) is 1.53. The third kappa shape index (κ3) is 2.87. The molecule has 0 radical (unpaired) electrons. The molecule has 0 saturated heterocycles. The van der Waals surface area contributed by atoms with E-state index in [-0.39, 0.29) is 5.75 Å². The molecule has 0 amide bonds. The molecule has 0 aliphatic heterocycles. The summed E-state index contributed by atoms with van der Waals surface area (Å²) in [5, 5.41) is 10.9. The average Bonchev–Trinajstić information content (AvgIpc) is 2.53. The number of phenols is 1. The lowest BCUT2D eigenvalue weighted by molar-refractivity contribution is 0.373. The first-order chi connectivity index (χ1) is 10.3. The molecule has 3 rings (SSSR count). The van der Waals surface area contributed by atoms with Crippen molar-refractivity contribution in [3.05, 3.63) is 65.9 Å². The molecule has 1 N–H and O–H groups in total. The summed E-state index contributed by atoms with van der Waals surface area (Å²) in [5.41, 5.74) is 2.74. The van der Waals surface area contributed by atoms with Gasteiger partial charge in [0, 0.05) is 5.39 Å². The lowest BCUT2D eigenvalue weighted by Crippen LogP contribution is -1.84. The lowest BCUT2D eigenvalue weighted by Gasteiger charge is -2.03. The third-order valence-electron chi connectivity index (χ3n) is 3.27. The van der Waals surface area contributed by atoms with E-state index in [0.29, 0.717) is 5.75 Å². The summed E-state index contributed by atoms with van der Waals surface area (Å²) < 4.78 is 5.02. The van der Waals surface area contributed by atoms with Gasteiger partial charge in [0.25, 0.3) is 0 Å². The number of para-hydroxylation sites is 1. The molecule has 0 spiro atoms. The van der Waals surface area contributed by atoms with Crippen molar-refractivity contribution < 1.29 is 9.84 Å². The van der Waals surface area contributed by atoms with Gasteiger partial charge in [-0.2, -0.15) is 0 Å². The van der Waals surface area contributed by atoms with Gasteiger partial charge in [0.2, 0.25) is 0 Å². The number of pyridine rings is 1. The molecule has 1 heterocycles. The van der Waals surface area contributed by atoms with Gasteiger partial charge in [0.1, 0.15) is 0 Å². The Morgan fingerprint density at radius 3 is 2.67 bits per heavy atom. The van der Waals surface area contributed by atoms with Gasteiger partial charge in [-0.05, 0) is 35.9 Å². The van der Waals surface area contributed by atoms with E-state index in [1.807, 2.05) is 54.6 Å². The highest BCUT2D eigenvalue weighted by Crippen LogP contribution is 2.27. The Kier molecular flexibility index (Phi) is 3.56. The van der Waals surface area contributed by atoms with Crippen LogP contribution in [0.1, 0.15) is 11.3 Å². The smallest absolute Gasteiger partial charge is 0.160 e. The van der Waals surface area contributed by atoms with Crippen LogP contribution in [-0.2, 0) is 0 Å². The molecule has 0 aliphatic rings. The topological polar surface area (TPSA) is 42.4 Å². The number of fused-ring (bicyclic) bond motifs is 1. The molecule has 104 valence electrons. The Morgan fingerprint density at radius 1 is 1.00 bits per heavy atom. The molecule has 3 nitrogen and oxygen atoms in total. The lowest BCUT2D eigenvalue weighted by atomic mass is 10.1. The highest BCUT2D eigenvalue weighted by atomic mass is 16.5. The van der Waals surface area contributed by atoms with Gasteiger partial charge in [-0.25, -0.2) is 4.98 Å². The minimum Gasteiger partial charge on any atom is -0.504 e. The van der Waals surface area contributed by atoms with Gasteiger partial charge in [0.05, 0.1) is 18.3 Å². The maximum Gasteiger partial charge on any atom is 0.160 e. The maximum absolute atomic E-state index is 9.76. The zero-order chi connectivity index (χ0) is 14.7. The highest BCUT2D eigenvalue weighted by Gasteiger charge is 2.00. The van der Waals surface area contributed by atoms with Crippen molar-refractivity contribution in [3.63, 3.8) is 0 Å². The van der Waals surface area contributed by atoms with Crippen LogP contribution in [0, 0.1) is 0 Å². The molecule has 0 fully saturated rings.